The SMILES string of the molecule is CN=C(/C(=C\CCc1ccc(N)c(C)c1)C(=O)Nc1cc(C(F)(F)F)cc(C(F)(F)F)c1)C(F)(F)C(F)(F)F. The van der Waals surface area contributed by atoms with Crippen LogP contribution in [-0.4, -0.2) is 30.8 Å². The van der Waals surface area contributed by atoms with Crippen LogP contribution in [0.25, 0.3) is 0 Å². The van der Waals surface area contributed by atoms with Crippen LogP contribution in [0, 0.1) is 6.92 Å². The Morgan fingerprint density at radius 2 is 1.44 bits per heavy atom. The van der Waals surface area contributed by atoms with Crippen molar-refractivity contribution in [1.82, 2.24) is 0 Å². The Morgan fingerprint density at radius 1 is 0.897 bits per heavy atom. The lowest BCUT2D eigenvalue weighted by Gasteiger charge is -2.23. The first-order valence-electron chi connectivity index (χ1n) is 10.8. The number of halogens is 11. The van der Waals surface area contributed by atoms with Crippen LogP contribution in [0.4, 0.5) is 59.7 Å². The molecule has 15 heteroatoms. The molecule has 0 spiro atoms. The fourth-order valence-electron chi connectivity index (χ4n) is 3.36. The van der Waals surface area contributed by atoms with Crippen LogP contribution >= 0.6 is 0 Å². The van der Waals surface area contributed by atoms with Gasteiger partial charge in [-0.1, -0.05) is 18.2 Å². The number of aliphatic imine (C=N–C) groups is 1. The van der Waals surface area contributed by atoms with E-state index in [1.165, 1.54) is 12.1 Å². The van der Waals surface area contributed by atoms with Crippen LogP contribution in [-0.2, 0) is 23.6 Å². The molecule has 0 heterocycles. The van der Waals surface area contributed by atoms with Gasteiger partial charge in [-0.2, -0.15) is 48.3 Å². The van der Waals surface area contributed by atoms with Crippen molar-refractivity contribution in [2.24, 2.45) is 4.99 Å². The maximum Gasteiger partial charge on any atom is 0.459 e. The van der Waals surface area contributed by atoms with Crippen molar-refractivity contribution in [3.05, 3.63) is 70.3 Å². The molecule has 0 aromatic heterocycles. The summed E-state index contributed by atoms with van der Waals surface area (Å²) in [4.78, 5) is 15.7. The van der Waals surface area contributed by atoms with Crippen molar-refractivity contribution < 1.29 is 53.1 Å². The largest absolute Gasteiger partial charge is 0.459 e. The summed E-state index contributed by atoms with van der Waals surface area (Å²) in [6.45, 7) is 1.64. The van der Waals surface area contributed by atoms with Crippen LogP contribution in [0.1, 0.15) is 28.7 Å². The molecule has 0 aliphatic rings. The van der Waals surface area contributed by atoms with Crippen LogP contribution in [0.5, 0.6) is 0 Å². The molecule has 2 aromatic carbocycles. The highest BCUT2D eigenvalue weighted by Gasteiger charge is 2.62. The molecule has 0 saturated carbocycles. The second-order valence-corrected chi connectivity index (χ2v) is 8.24. The van der Waals surface area contributed by atoms with E-state index in [1.807, 2.05) is 0 Å². The van der Waals surface area contributed by atoms with Gasteiger partial charge < -0.3 is 11.1 Å². The van der Waals surface area contributed by atoms with Gasteiger partial charge in [-0.15, -0.1) is 0 Å². The van der Waals surface area contributed by atoms with E-state index in [2.05, 4.69) is 4.99 Å². The lowest BCUT2D eigenvalue weighted by atomic mass is 9.99. The van der Waals surface area contributed by atoms with E-state index >= 15 is 0 Å². The molecule has 4 nitrogen and oxygen atoms in total. The molecule has 0 atom stereocenters. The summed E-state index contributed by atoms with van der Waals surface area (Å²) >= 11 is 0. The molecule has 0 fully saturated rings. The predicted molar refractivity (Wildman–Crippen MR) is 121 cm³/mol. The summed E-state index contributed by atoms with van der Waals surface area (Å²) in [5.74, 6) is -7.52. The number of hydrogen-bond acceptors (Lipinski definition) is 3. The lowest BCUT2D eigenvalue weighted by molar-refractivity contribution is -0.249. The number of carbonyl (C=O) groups excluding carboxylic acids is 1. The quantitative estimate of drug-likeness (QED) is 0.157. The van der Waals surface area contributed by atoms with E-state index in [1.54, 1.807) is 18.3 Å². The third kappa shape index (κ3) is 7.69. The summed E-state index contributed by atoms with van der Waals surface area (Å²) in [6.07, 6.45) is -16.5. The Morgan fingerprint density at radius 3 is 1.87 bits per heavy atom. The van der Waals surface area contributed by atoms with Crippen LogP contribution in [0.2, 0.25) is 0 Å². The third-order valence-corrected chi connectivity index (χ3v) is 5.34. The summed E-state index contributed by atoms with van der Waals surface area (Å²) in [7, 11) is 0.519. The van der Waals surface area contributed by atoms with Gasteiger partial charge in [0.2, 0.25) is 0 Å². The number of nitrogens with zero attached hydrogens (tertiary/aromatic N) is 1. The number of allylic oxidation sites excluding steroid dienone is 1. The number of nitrogen functional groups attached to an aromatic ring is 1. The highest BCUT2D eigenvalue weighted by atomic mass is 19.4. The van der Waals surface area contributed by atoms with Crippen LogP contribution < -0.4 is 11.1 Å². The minimum absolute atomic E-state index is 0.00569. The van der Waals surface area contributed by atoms with E-state index in [-0.39, 0.29) is 31.0 Å². The average molecular weight is 575 g/mol. The highest BCUT2D eigenvalue weighted by molar-refractivity contribution is 6.27. The molecule has 0 aliphatic carbocycles. The van der Waals surface area contributed by atoms with Gasteiger partial charge in [0.1, 0.15) is 5.71 Å². The molecule has 1 amide bonds. The molecule has 39 heavy (non-hydrogen) atoms. The van der Waals surface area contributed by atoms with E-state index in [4.69, 9.17) is 5.73 Å². The molecule has 0 unspecified atom stereocenters. The number of hydrogen-bond donors (Lipinski definition) is 2. The summed E-state index contributed by atoms with van der Waals surface area (Å²) in [5, 5.41) is 1.57. The zero-order valence-electron chi connectivity index (χ0n) is 20.0. The monoisotopic (exact) mass is 575 g/mol. The number of nitrogens with one attached hydrogen (secondary N) is 1. The van der Waals surface area contributed by atoms with E-state index in [9.17, 15) is 53.1 Å². The molecule has 2 rings (SSSR count). The molecule has 214 valence electrons. The van der Waals surface area contributed by atoms with E-state index in [0.29, 0.717) is 29.9 Å². The Kier molecular flexibility index (Phi) is 9.08. The number of anilines is 2. The van der Waals surface area contributed by atoms with Crippen molar-refractivity contribution in [2.45, 2.75) is 44.2 Å². The van der Waals surface area contributed by atoms with E-state index in [0.717, 1.165) is 0 Å². The molecule has 0 radical (unpaired) electrons. The maximum absolute atomic E-state index is 14.2. The predicted octanol–water partition coefficient (Wildman–Crippen LogP) is 7.38. The Hall–Kier alpha value is -3.65. The van der Waals surface area contributed by atoms with Gasteiger partial charge in [0.15, 0.2) is 0 Å². The van der Waals surface area contributed by atoms with Crippen LogP contribution in [0.15, 0.2) is 53.0 Å². The van der Waals surface area contributed by atoms with Gasteiger partial charge in [-0.05, 0) is 55.2 Å². The smallest absolute Gasteiger partial charge is 0.399 e. The fourth-order valence-corrected chi connectivity index (χ4v) is 3.36. The third-order valence-electron chi connectivity index (χ3n) is 5.34. The second-order valence-electron chi connectivity index (χ2n) is 8.24. The Bertz CT molecular complexity index is 1240. The van der Waals surface area contributed by atoms with Crippen LogP contribution in [0.3, 0.4) is 0 Å². The average Bonchev–Trinajstić information content (AvgIpc) is 2.78. The number of amides is 1. The van der Waals surface area contributed by atoms with Crippen molar-refractivity contribution >= 4 is 23.0 Å². The van der Waals surface area contributed by atoms with Gasteiger partial charge in [-0.3, -0.25) is 9.79 Å². The molecule has 0 saturated heterocycles. The molecule has 2 aromatic rings. The number of rotatable bonds is 7. The Labute approximate surface area is 214 Å². The van der Waals surface area contributed by atoms with Crippen molar-refractivity contribution in [3.63, 3.8) is 0 Å². The summed E-state index contributed by atoms with van der Waals surface area (Å²) in [6, 6.07) is 4.52. The molecular formula is C24H20F11N3O. The van der Waals surface area contributed by atoms with Crippen molar-refractivity contribution in [1.29, 1.82) is 0 Å². The minimum atomic E-state index is -6.23. The van der Waals surface area contributed by atoms with Crippen molar-refractivity contribution in [2.75, 3.05) is 18.1 Å². The standard InChI is InChI=1S/C24H20F11N3O/c1-12-8-13(6-7-18(12)36)4-3-5-17(19(37-2)21(25,26)24(33,34)35)20(39)38-16-10-14(22(27,28)29)9-15(11-16)23(30,31)32/h5-11H,3-4,36H2,1-2H3,(H,38,39)/b17-5+,37-19?. The maximum atomic E-state index is 14.2. The molecule has 0 aliphatic heterocycles. The highest BCUT2D eigenvalue weighted by Crippen LogP contribution is 2.40. The number of carbonyl (C=O) groups is 1. The minimum Gasteiger partial charge on any atom is -0.399 e. The molecule has 3 N–H and O–H groups in total. The zero-order valence-corrected chi connectivity index (χ0v) is 20.0. The summed E-state index contributed by atoms with van der Waals surface area (Å²) in [5.41, 5.74) is -1.03. The number of alkyl halides is 11. The summed E-state index contributed by atoms with van der Waals surface area (Å²) < 4.78 is 147. The topological polar surface area (TPSA) is 67.5 Å². The van der Waals surface area contributed by atoms with Gasteiger partial charge in [0.05, 0.1) is 16.7 Å². The first kappa shape index (κ1) is 31.6. The van der Waals surface area contributed by atoms with Gasteiger partial charge in [0, 0.05) is 18.4 Å². The first-order chi connectivity index (χ1) is 17.7. The fraction of sp³-hybridized carbons (Fsp3) is 0.333. The van der Waals surface area contributed by atoms with Gasteiger partial charge >= 0.3 is 24.5 Å². The number of benzene rings is 2. The normalized spacial score (nSPS) is 14.0. The first-order valence-corrected chi connectivity index (χ1v) is 10.8. The number of aryl methyl sites for hydroxylation is 2. The molecule has 0 bridgehead atoms. The van der Waals surface area contributed by atoms with Crippen molar-refractivity contribution in [3.8, 4) is 0 Å². The number of nitrogens with two attached hydrogens (primary N) is 1. The van der Waals surface area contributed by atoms with Gasteiger partial charge in [0.25, 0.3) is 5.91 Å². The zero-order chi connectivity index (χ0) is 30.0. The van der Waals surface area contributed by atoms with Gasteiger partial charge in [-0.25, -0.2) is 0 Å². The lowest BCUT2D eigenvalue weighted by Crippen LogP contribution is -2.46. The van der Waals surface area contributed by atoms with E-state index < -0.39 is 58.5 Å². The Balaban J connectivity index is 2.56. The molecular weight excluding hydrogens is 555 g/mol. The second kappa shape index (κ2) is 11.2.